The van der Waals surface area contributed by atoms with Gasteiger partial charge in [-0.05, 0) is 200 Å². The lowest BCUT2D eigenvalue weighted by Crippen LogP contribution is -2.52. The SMILES string of the molecule is Cc1c(-c2c3ccc([Si](C)(C)c4ccccc4)cc3cc[n+]2C)cc(C2CCCCC2)cc1C1CCCCC1.Cc1cc(C2CCCCC2)cc(-c2c3ccc([Si](C)(C)c4ccccc4)cc3cc[n+]2C)c1C.Cc1ccc(C2CCCCC2)cc1-c1c2ccc([Si](C)(C)c3ccccc3)cc2cc[n+]1C. The fraction of sp³-hybridized carbons (Fsp3) is 0.370. The third-order valence-corrected chi connectivity index (χ3v) is 37.1. The van der Waals surface area contributed by atoms with Gasteiger partial charge in [-0.1, -0.05) is 299 Å². The first-order valence-electron chi connectivity index (χ1n) is 41.1. The average Bonchev–Trinajstić information content (AvgIpc) is 0.890. The number of pyridine rings is 3. The molecule has 12 aromatic rings. The van der Waals surface area contributed by atoms with Gasteiger partial charge in [0.25, 0.3) is 0 Å². The number of hydrogen-bond donors (Lipinski definition) is 0. The monoisotopic (exact) mass is 1450 g/mol. The van der Waals surface area contributed by atoms with Crippen LogP contribution in [-0.4, -0.2) is 24.2 Å². The van der Waals surface area contributed by atoms with E-state index in [9.17, 15) is 0 Å². The number of hydrogen-bond acceptors (Lipinski definition) is 0. The van der Waals surface area contributed by atoms with Gasteiger partial charge < -0.3 is 0 Å². The van der Waals surface area contributed by atoms with Gasteiger partial charge in [0.2, 0.25) is 17.1 Å². The Kier molecular flexibility index (Phi) is 22.8. The minimum atomic E-state index is -1.76. The van der Waals surface area contributed by atoms with Crippen molar-refractivity contribution in [1.82, 2.24) is 0 Å². The molecule has 544 valence electrons. The fourth-order valence-electron chi connectivity index (χ4n) is 19.3. The molecule has 0 amide bonds. The molecule has 6 heteroatoms. The van der Waals surface area contributed by atoms with Gasteiger partial charge in [0.05, 0.1) is 27.3 Å². The highest BCUT2D eigenvalue weighted by Crippen LogP contribution is 2.44. The maximum absolute atomic E-state index is 2.65. The number of aryl methyl sites for hydroxylation is 5. The molecule has 0 radical (unpaired) electrons. The van der Waals surface area contributed by atoms with Crippen LogP contribution in [0.3, 0.4) is 0 Å². The molecule has 0 saturated heterocycles. The van der Waals surface area contributed by atoms with E-state index in [1.165, 1.54) is 253 Å². The Hall–Kier alpha value is -8.14. The number of nitrogens with zero attached hydrogens (tertiary/aromatic N) is 3. The van der Waals surface area contributed by atoms with Crippen LogP contribution in [-0.2, 0) is 21.1 Å². The molecular weight excluding hydrogens is 1330 g/mol. The molecule has 106 heavy (non-hydrogen) atoms. The number of aromatic nitrogens is 3. The van der Waals surface area contributed by atoms with E-state index in [0.29, 0.717) is 0 Å². The summed E-state index contributed by atoms with van der Waals surface area (Å²) in [5, 5.41) is 17.1. The van der Waals surface area contributed by atoms with E-state index in [1.54, 1.807) is 16.7 Å². The molecule has 0 N–H and O–H groups in total. The van der Waals surface area contributed by atoms with Crippen molar-refractivity contribution in [3.63, 3.8) is 0 Å². The summed E-state index contributed by atoms with van der Waals surface area (Å²) in [6, 6.07) is 79.5. The molecule has 4 fully saturated rings. The van der Waals surface area contributed by atoms with Crippen LogP contribution < -0.4 is 44.8 Å². The van der Waals surface area contributed by atoms with Crippen LogP contribution in [0.25, 0.3) is 66.1 Å². The van der Waals surface area contributed by atoms with Gasteiger partial charge in [0.1, 0.15) is 45.4 Å². The lowest BCUT2D eigenvalue weighted by atomic mass is 9.76. The van der Waals surface area contributed by atoms with Crippen LogP contribution in [0.5, 0.6) is 0 Å². The Bertz CT molecular complexity index is 5080. The van der Waals surface area contributed by atoms with E-state index in [2.05, 4.69) is 327 Å². The summed E-state index contributed by atoms with van der Waals surface area (Å²) >= 11 is 0. The summed E-state index contributed by atoms with van der Waals surface area (Å²) in [6.45, 7) is 24.1. The lowest BCUT2D eigenvalue weighted by Gasteiger charge is -2.28. The van der Waals surface area contributed by atoms with Crippen LogP contribution in [0, 0.1) is 27.7 Å². The molecule has 4 saturated carbocycles. The van der Waals surface area contributed by atoms with Crippen molar-refractivity contribution in [2.24, 2.45) is 21.1 Å². The summed E-state index contributed by atoms with van der Waals surface area (Å²) in [6.07, 6.45) is 34.3. The normalized spacial score (nSPS) is 16.0. The highest BCUT2D eigenvalue weighted by molar-refractivity contribution is 7.01. The highest BCUT2D eigenvalue weighted by atomic mass is 28.3. The van der Waals surface area contributed by atoms with Crippen molar-refractivity contribution >= 4 is 87.7 Å². The lowest BCUT2D eigenvalue weighted by molar-refractivity contribution is -0.659. The molecule has 9 aromatic carbocycles. The molecule has 0 spiro atoms. The molecule has 16 rings (SSSR count). The second-order valence-corrected chi connectivity index (χ2v) is 47.6. The largest absolute Gasteiger partial charge is 0.220 e. The molecule has 4 aliphatic rings. The van der Waals surface area contributed by atoms with Crippen molar-refractivity contribution in [2.75, 3.05) is 0 Å². The number of fused-ring (bicyclic) bond motifs is 3. The smallest absolute Gasteiger partial charge is 0.200 e. The first-order chi connectivity index (χ1) is 51.2. The van der Waals surface area contributed by atoms with E-state index in [1.807, 2.05) is 0 Å². The van der Waals surface area contributed by atoms with E-state index in [4.69, 9.17) is 0 Å². The van der Waals surface area contributed by atoms with E-state index in [0.717, 1.165) is 23.7 Å². The summed E-state index contributed by atoms with van der Waals surface area (Å²) in [7, 11) is 1.41. The second-order valence-electron chi connectivity index (χ2n) is 34.4. The molecule has 0 aliphatic heterocycles. The van der Waals surface area contributed by atoms with Crippen molar-refractivity contribution in [1.29, 1.82) is 0 Å². The fourth-order valence-corrected chi connectivity index (χ4v) is 26.4. The Labute approximate surface area is 640 Å². The summed E-state index contributed by atoms with van der Waals surface area (Å²) in [5.41, 5.74) is 20.4. The molecule has 3 aromatic heterocycles. The Balaban J connectivity index is 0.000000134. The average molecular weight is 1450 g/mol. The molecule has 0 unspecified atom stereocenters. The first-order valence-corrected chi connectivity index (χ1v) is 50.1. The minimum Gasteiger partial charge on any atom is -0.200 e. The Morgan fingerprint density at radius 1 is 0.264 bits per heavy atom. The summed E-state index contributed by atoms with van der Waals surface area (Å²) in [5.74, 6) is 2.90. The maximum atomic E-state index is 2.65. The van der Waals surface area contributed by atoms with Gasteiger partial charge in [-0.3, -0.25) is 0 Å². The van der Waals surface area contributed by atoms with Crippen molar-refractivity contribution in [2.45, 2.75) is 219 Å². The van der Waals surface area contributed by atoms with Crippen LogP contribution in [0.1, 0.15) is 197 Å². The molecule has 3 heterocycles. The zero-order chi connectivity index (χ0) is 73.9. The van der Waals surface area contributed by atoms with Crippen LogP contribution in [0.15, 0.2) is 225 Å². The predicted octanol–water partition coefficient (Wildman–Crippen LogP) is 21.9. The standard InChI is InChI=1S/C37H46NSi.C32H38NSi.C31H36NSi/c1-27-35(29-16-10-6-11-17-29)25-31(28-14-8-5-9-15-28)26-36(27)37-34-21-20-33(24-30(34)22-23-38(37)2)39(3,4)32-18-12-7-13-19-32;1-23-20-27(25-12-8-6-9-13-25)22-31(24(23)2)32-30-17-16-29(21-26(30)18-19-33(32)3)34(4,5)28-14-10-7-11-15-28;1-23-15-16-25(24-11-7-5-8-12-24)22-30(23)31-29-18-17-28(21-26(29)19-20-32(31)2)33(3,4)27-13-9-6-10-14-27/h7,12-13,18-26,28-29H,5-6,8-11,14-17H2,1-4H3;7,10-11,14-22,25H,6,8-9,12-13H2,1-5H3;6,9-10,13-22,24H,5,7-8,11-12H2,1-4H3/q3*+1. The molecular formula is C100H120N3Si3+3. The maximum Gasteiger partial charge on any atom is 0.220 e. The van der Waals surface area contributed by atoms with Gasteiger partial charge in [-0.15, -0.1) is 0 Å². The van der Waals surface area contributed by atoms with E-state index >= 15 is 0 Å². The van der Waals surface area contributed by atoms with Crippen molar-refractivity contribution in [3.8, 4) is 33.8 Å². The van der Waals surface area contributed by atoms with Crippen molar-refractivity contribution in [3.05, 3.63) is 269 Å². The van der Waals surface area contributed by atoms with E-state index < -0.39 is 24.2 Å². The summed E-state index contributed by atoms with van der Waals surface area (Å²) < 4.78 is 7.03. The zero-order valence-electron chi connectivity index (χ0n) is 66.7. The van der Waals surface area contributed by atoms with Gasteiger partial charge in [0.15, 0.2) is 18.6 Å². The highest BCUT2D eigenvalue weighted by Gasteiger charge is 2.33. The summed E-state index contributed by atoms with van der Waals surface area (Å²) in [4.78, 5) is 0. The molecule has 0 bridgehead atoms. The quantitative estimate of drug-likeness (QED) is 0.0805. The molecule has 3 nitrogen and oxygen atoms in total. The van der Waals surface area contributed by atoms with Crippen LogP contribution in [0.2, 0.25) is 39.3 Å². The predicted molar refractivity (Wildman–Crippen MR) is 464 cm³/mol. The van der Waals surface area contributed by atoms with E-state index in [-0.39, 0.29) is 0 Å². The number of rotatable bonds is 13. The molecule has 0 atom stereocenters. The third kappa shape index (κ3) is 15.6. The van der Waals surface area contributed by atoms with Gasteiger partial charge in [-0.25, -0.2) is 13.7 Å². The zero-order valence-corrected chi connectivity index (χ0v) is 69.7. The minimum absolute atomic E-state index is 0.719. The van der Waals surface area contributed by atoms with Gasteiger partial charge >= 0.3 is 0 Å². The Morgan fingerprint density at radius 3 is 0.962 bits per heavy atom. The Morgan fingerprint density at radius 2 is 0.585 bits per heavy atom. The van der Waals surface area contributed by atoms with Crippen LogP contribution in [0.4, 0.5) is 0 Å². The van der Waals surface area contributed by atoms with Gasteiger partial charge in [-0.2, -0.15) is 0 Å². The third-order valence-electron chi connectivity index (χ3n) is 26.5. The number of benzene rings is 9. The second kappa shape index (κ2) is 32.4. The first kappa shape index (κ1) is 74.7. The molecule has 4 aliphatic carbocycles. The van der Waals surface area contributed by atoms with Gasteiger partial charge in [0, 0.05) is 23.8 Å². The topological polar surface area (TPSA) is 11.6 Å². The van der Waals surface area contributed by atoms with Crippen LogP contribution >= 0.6 is 0 Å². The van der Waals surface area contributed by atoms with Crippen molar-refractivity contribution < 1.29 is 13.7 Å².